The molecular weight excluding hydrogens is 212 g/mol. The molecule has 0 aliphatic heterocycles. The Kier molecular flexibility index (Phi) is 11.4. The van der Waals surface area contributed by atoms with Gasteiger partial charge in [0.05, 0.1) is 0 Å². The van der Waals surface area contributed by atoms with Crippen LogP contribution < -0.4 is 0 Å². The molecule has 0 heterocycles. The largest absolute Gasteiger partial charge is 0.449 e. The Morgan fingerprint density at radius 3 is 2.73 bits per heavy atom. The van der Waals surface area contributed by atoms with Crippen LogP contribution >= 0.6 is 0 Å². The van der Waals surface area contributed by atoms with Crippen molar-refractivity contribution in [3.63, 3.8) is 0 Å². The summed E-state index contributed by atoms with van der Waals surface area (Å²) in [7, 11) is -0.917. The number of rotatable bonds is 8. The molecule has 0 amide bonds. The third kappa shape index (κ3) is 10.7. The Morgan fingerprint density at radius 2 is 2.09 bits per heavy atom. The first-order chi connectivity index (χ1) is 5.41. The molecule has 8 heteroatoms. The van der Waals surface area contributed by atoms with Crippen molar-refractivity contribution in [3.05, 3.63) is 0 Å². The van der Waals surface area contributed by atoms with Gasteiger partial charge in [0.15, 0.2) is 0 Å². The van der Waals surface area contributed by atoms with Gasteiger partial charge in [0.2, 0.25) is 0 Å². The molecule has 0 rings (SSSR count). The highest BCUT2D eigenvalue weighted by Gasteiger charge is 1.90. The quantitative estimate of drug-likeness (QED) is 0.342. The first kappa shape index (κ1) is 11.7. The van der Waals surface area contributed by atoms with Crippen molar-refractivity contribution in [3.8, 4) is 0 Å². The molecule has 0 aromatic heterocycles. The lowest BCUT2D eigenvalue weighted by atomic mass is 10.5. The smallest absolute Gasteiger partial charge is 0.284 e. The summed E-state index contributed by atoms with van der Waals surface area (Å²) in [4.78, 5) is 0. The Labute approximate surface area is 77.2 Å². The number of aliphatic hydroxyl groups excluding tert-OH is 1. The molecule has 0 atom stereocenters. The van der Waals surface area contributed by atoms with E-state index in [1.54, 1.807) is 0 Å². The lowest BCUT2D eigenvalue weighted by Gasteiger charge is -2.02. The molecule has 11 heavy (non-hydrogen) atoms. The number of hydrogen-bond acceptors (Lipinski definition) is 4. The van der Waals surface area contributed by atoms with E-state index in [-0.39, 0.29) is 16.4 Å². The lowest BCUT2D eigenvalue weighted by Crippen LogP contribution is -2.12. The van der Waals surface area contributed by atoms with Crippen LogP contribution in [-0.4, -0.2) is 52.0 Å². The molecule has 0 spiro atoms. The van der Waals surface area contributed by atoms with Crippen molar-refractivity contribution in [1.29, 1.82) is 0 Å². The second kappa shape index (κ2) is 10.7. The van der Waals surface area contributed by atoms with E-state index in [1.165, 1.54) is 0 Å². The van der Waals surface area contributed by atoms with Crippen LogP contribution in [0.15, 0.2) is 0 Å². The van der Waals surface area contributed by atoms with Gasteiger partial charge in [0.25, 0.3) is 20.0 Å². The van der Waals surface area contributed by atoms with E-state index in [0.717, 1.165) is 23.0 Å². The number of hydrogen-bond donors (Lipinski definition) is 1. The summed E-state index contributed by atoms with van der Waals surface area (Å²) in [5.74, 6) is 0. The van der Waals surface area contributed by atoms with Gasteiger partial charge >= 0.3 is 0 Å². The monoisotopic (exact) mass is 228 g/mol. The SMILES string of the molecule is OCCC[SiH2]O[SiH2]O[SiH2]O[SiH3]. The van der Waals surface area contributed by atoms with Gasteiger partial charge in [0.1, 0.15) is 20.2 Å². The van der Waals surface area contributed by atoms with Crippen molar-refractivity contribution >= 4 is 40.3 Å². The van der Waals surface area contributed by atoms with Crippen LogP contribution in [0.2, 0.25) is 6.04 Å². The zero-order valence-electron chi connectivity index (χ0n) is 6.91. The Morgan fingerprint density at radius 1 is 1.27 bits per heavy atom. The lowest BCUT2D eigenvalue weighted by molar-refractivity contribution is 0.293. The van der Waals surface area contributed by atoms with Gasteiger partial charge in [-0.15, -0.1) is 0 Å². The van der Waals surface area contributed by atoms with E-state index >= 15 is 0 Å². The predicted octanol–water partition coefficient (Wildman–Crippen LogP) is -3.80. The Balaban J connectivity index is 2.69. The van der Waals surface area contributed by atoms with E-state index in [1.807, 2.05) is 0 Å². The van der Waals surface area contributed by atoms with Crippen LogP contribution in [0, 0.1) is 0 Å². The molecule has 0 aromatic rings. The summed E-state index contributed by atoms with van der Waals surface area (Å²) in [6.45, 7) is 0.289. The third-order valence-electron chi connectivity index (χ3n) is 1.06. The molecule has 0 radical (unpaired) electrons. The fraction of sp³-hybridized carbons (Fsp3) is 1.00. The van der Waals surface area contributed by atoms with Gasteiger partial charge in [-0.2, -0.15) is 0 Å². The molecule has 0 aliphatic rings. The van der Waals surface area contributed by atoms with Gasteiger partial charge in [-0.05, 0) is 12.5 Å². The van der Waals surface area contributed by atoms with Gasteiger partial charge in [0, 0.05) is 6.61 Å². The third-order valence-corrected chi connectivity index (χ3v) is 5.95. The molecular formula is C3H16O4Si4. The van der Waals surface area contributed by atoms with Crippen molar-refractivity contribution in [2.24, 2.45) is 0 Å². The van der Waals surface area contributed by atoms with Crippen molar-refractivity contribution in [1.82, 2.24) is 0 Å². The average Bonchev–Trinajstić information content (AvgIpc) is 2.03. The minimum atomic E-state index is -0.689. The van der Waals surface area contributed by atoms with Crippen LogP contribution in [0.5, 0.6) is 0 Å². The predicted molar refractivity (Wildman–Crippen MR) is 55.3 cm³/mol. The van der Waals surface area contributed by atoms with Crippen LogP contribution in [0.25, 0.3) is 0 Å². The van der Waals surface area contributed by atoms with Crippen LogP contribution in [0.3, 0.4) is 0 Å². The molecule has 0 bridgehead atoms. The van der Waals surface area contributed by atoms with Crippen LogP contribution in [-0.2, 0) is 12.3 Å². The summed E-state index contributed by atoms with van der Waals surface area (Å²) in [5.41, 5.74) is 0. The summed E-state index contributed by atoms with van der Waals surface area (Å²) in [6.07, 6.45) is 0.884. The van der Waals surface area contributed by atoms with E-state index in [0.29, 0.717) is 0 Å². The molecule has 68 valence electrons. The summed E-state index contributed by atoms with van der Waals surface area (Å²) in [6, 6.07) is 1.07. The molecule has 0 saturated carbocycles. The second-order valence-corrected chi connectivity index (χ2v) is 9.23. The van der Waals surface area contributed by atoms with E-state index in [4.69, 9.17) is 17.5 Å². The fourth-order valence-corrected chi connectivity index (χ4v) is 6.24. The Bertz CT molecular complexity index is 66.4. The Hall–Kier alpha value is 0.708. The molecule has 0 saturated heterocycles. The van der Waals surface area contributed by atoms with Crippen molar-refractivity contribution < 1.29 is 17.5 Å². The topological polar surface area (TPSA) is 47.9 Å². The average molecular weight is 229 g/mol. The minimum Gasteiger partial charge on any atom is -0.449 e. The van der Waals surface area contributed by atoms with Crippen LogP contribution in [0.1, 0.15) is 6.42 Å². The normalized spacial score (nSPS) is 13.9. The van der Waals surface area contributed by atoms with Gasteiger partial charge in [-0.3, -0.25) is 0 Å². The first-order valence-electron chi connectivity index (χ1n) is 3.67. The van der Waals surface area contributed by atoms with Crippen LogP contribution in [0.4, 0.5) is 0 Å². The zero-order chi connectivity index (χ0) is 8.36. The highest BCUT2D eigenvalue weighted by Crippen LogP contribution is 1.86. The van der Waals surface area contributed by atoms with Gasteiger partial charge in [-0.25, -0.2) is 0 Å². The summed E-state index contributed by atoms with van der Waals surface area (Å²) < 4.78 is 15.5. The highest BCUT2D eigenvalue weighted by atomic mass is 28.4. The summed E-state index contributed by atoms with van der Waals surface area (Å²) in [5, 5.41) is 8.45. The maximum absolute atomic E-state index is 8.45. The van der Waals surface area contributed by atoms with E-state index in [2.05, 4.69) is 0 Å². The first-order valence-corrected chi connectivity index (χ1v) is 8.37. The highest BCUT2D eigenvalue weighted by molar-refractivity contribution is 6.44. The van der Waals surface area contributed by atoms with Crippen molar-refractivity contribution in [2.75, 3.05) is 6.61 Å². The maximum Gasteiger partial charge on any atom is 0.284 e. The number of aliphatic hydroxyl groups is 1. The molecule has 0 aliphatic carbocycles. The molecule has 0 aromatic carbocycles. The zero-order valence-corrected chi connectivity index (χ0v) is 13.2. The fourth-order valence-electron chi connectivity index (χ4n) is 0.551. The standard InChI is InChI=1S/C3H16O4Si4/c4-2-1-3-9-6-11-7-10-5-8/h4H,1-3,9-11H2,8H3. The molecule has 0 fully saturated rings. The second-order valence-electron chi connectivity index (χ2n) is 2.07. The van der Waals surface area contributed by atoms with Crippen molar-refractivity contribution in [2.45, 2.75) is 12.5 Å². The molecule has 0 unspecified atom stereocenters. The van der Waals surface area contributed by atoms with E-state index in [9.17, 15) is 0 Å². The van der Waals surface area contributed by atoms with Gasteiger partial charge < -0.3 is 17.5 Å². The van der Waals surface area contributed by atoms with Gasteiger partial charge in [-0.1, -0.05) is 0 Å². The maximum atomic E-state index is 8.45. The van der Waals surface area contributed by atoms with E-state index < -0.39 is 20.0 Å². The molecule has 4 nitrogen and oxygen atoms in total. The summed E-state index contributed by atoms with van der Waals surface area (Å²) >= 11 is 0. The molecule has 1 N–H and O–H groups in total. The minimum absolute atomic E-state index is 0.289.